The maximum Gasteiger partial charge on any atom is 0.407 e. The summed E-state index contributed by atoms with van der Waals surface area (Å²) in [5, 5.41) is 12.1. The molecule has 186 valence electrons. The number of fused-ring (bicyclic) bond motifs is 3. The van der Waals surface area contributed by atoms with E-state index in [0.29, 0.717) is 13.0 Å². The monoisotopic (exact) mass is 480 g/mol. The second-order valence-electron chi connectivity index (χ2n) is 9.20. The first-order chi connectivity index (χ1) is 16.9. The Hall–Kier alpha value is -3.39. The van der Waals surface area contributed by atoms with Crippen molar-refractivity contribution in [2.75, 3.05) is 33.4 Å². The zero-order chi connectivity index (χ0) is 24.9. The summed E-state index contributed by atoms with van der Waals surface area (Å²) in [4.78, 5) is 38.2. The van der Waals surface area contributed by atoms with Gasteiger partial charge in [-0.15, -0.1) is 0 Å². The summed E-state index contributed by atoms with van der Waals surface area (Å²) in [6.07, 6.45) is -0.0952. The fourth-order valence-electron chi connectivity index (χ4n) is 5.07. The number of nitrogens with one attached hydrogen (secondary N) is 1. The molecule has 0 spiro atoms. The molecule has 0 saturated carbocycles. The zero-order valence-corrected chi connectivity index (χ0v) is 20.1. The van der Waals surface area contributed by atoms with Crippen molar-refractivity contribution in [3.63, 3.8) is 0 Å². The van der Waals surface area contributed by atoms with Crippen molar-refractivity contribution in [3.8, 4) is 11.1 Å². The number of carbonyl (C=O) groups is 3. The van der Waals surface area contributed by atoms with Crippen molar-refractivity contribution >= 4 is 18.0 Å². The molecule has 0 aromatic heterocycles. The van der Waals surface area contributed by atoms with Gasteiger partial charge in [0.2, 0.25) is 5.91 Å². The first-order valence-corrected chi connectivity index (χ1v) is 12.0. The molecule has 2 N–H and O–H groups in total. The van der Waals surface area contributed by atoms with E-state index in [4.69, 9.17) is 9.47 Å². The molecule has 3 unspecified atom stereocenters. The molecule has 35 heavy (non-hydrogen) atoms. The van der Waals surface area contributed by atoms with E-state index in [1.54, 1.807) is 4.90 Å². The lowest BCUT2D eigenvalue weighted by Gasteiger charge is -2.21. The molecule has 1 heterocycles. The van der Waals surface area contributed by atoms with Crippen LogP contribution in [0.3, 0.4) is 0 Å². The molecule has 8 heteroatoms. The highest BCUT2D eigenvalue weighted by Crippen LogP contribution is 2.44. The Kier molecular flexibility index (Phi) is 7.70. The van der Waals surface area contributed by atoms with E-state index in [1.807, 2.05) is 31.2 Å². The molecule has 2 amide bonds. The van der Waals surface area contributed by atoms with Crippen molar-refractivity contribution < 1.29 is 29.0 Å². The van der Waals surface area contributed by atoms with Gasteiger partial charge in [-0.1, -0.05) is 61.9 Å². The summed E-state index contributed by atoms with van der Waals surface area (Å²) in [5.41, 5.74) is 4.64. The molecule has 2 aliphatic rings. The van der Waals surface area contributed by atoms with Crippen LogP contribution >= 0.6 is 0 Å². The van der Waals surface area contributed by atoms with Gasteiger partial charge in [-0.2, -0.15) is 0 Å². The smallest absolute Gasteiger partial charge is 0.407 e. The molecule has 2 aromatic carbocycles. The quantitative estimate of drug-likeness (QED) is 0.569. The molecular formula is C27H32N2O6. The van der Waals surface area contributed by atoms with Crippen LogP contribution in [-0.2, 0) is 19.1 Å². The topological polar surface area (TPSA) is 105 Å². The number of alkyl carbamates (subject to hydrolysis) is 1. The number of amides is 2. The summed E-state index contributed by atoms with van der Waals surface area (Å²) in [6.45, 7) is 2.91. The van der Waals surface area contributed by atoms with E-state index in [0.717, 1.165) is 11.1 Å². The Balaban J connectivity index is 1.28. The van der Waals surface area contributed by atoms with Crippen LogP contribution in [0.2, 0.25) is 0 Å². The number of methoxy groups -OCH3 is 1. The van der Waals surface area contributed by atoms with Crippen LogP contribution in [0, 0.1) is 11.8 Å². The van der Waals surface area contributed by atoms with E-state index in [1.165, 1.54) is 18.2 Å². The average Bonchev–Trinajstić information content (AvgIpc) is 3.45. The number of aliphatic carboxylic acids is 1. The van der Waals surface area contributed by atoms with Crippen molar-refractivity contribution in [2.24, 2.45) is 11.8 Å². The van der Waals surface area contributed by atoms with Crippen molar-refractivity contribution in [3.05, 3.63) is 59.7 Å². The highest BCUT2D eigenvalue weighted by atomic mass is 16.5. The third kappa shape index (κ3) is 5.32. The minimum absolute atomic E-state index is 0.0113. The minimum Gasteiger partial charge on any atom is -0.481 e. The third-order valence-electron chi connectivity index (χ3n) is 7.16. The lowest BCUT2D eigenvalue weighted by atomic mass is 9.98. The number of carboxylic acids is 1. The maximum atomic E-state index is 12.8. The fourth-order valence-corrected chi connectivity index (χ4v) is 5.07. The molecular weight excluding hydrogens is 448 g/mol. The number of likely N-dealkylation sites (tertiary alicyclic amines) is 1. The van der Waals surface area contributed by atoms with Gasteiger partial charge in [-0.25, -0.2) is 4.79 Å². The SMILES string of the molecule is CCC(CNC(=O)OCC1c2ccccc2-c2ccccc21)CC(=O)N1CC(OC)C(C(=O)O)C1. The van der Waals surface area contributed by atoms with Gasteiger partial charge in [-0.3, -0.25) is 9.59 Å². The summed E-state index contributed by atoms with van der Waals surface area (Å²) in [7, 11) is 1.46. The summed E-state index contributed by atoms with van der Waals surface area (Å²) < 4.78 is 10.8. The number of benzene rings is 2. The van der Waals surface area contributed by atoms with E-state index in [2.05, 4.69) is 29.6 Å². The van der Waals surface area contributed by atoms with Crippen LogP contribution in [0.1, 0.15) is 36.8 Å². The zero-order valence-electron chi connectivity index (χ0n) is 20.1. The van der Waals surface area contributed by atoms with Gasteiger partial charge in [0.1, 0.15) is 12.5 Å². The van der Waals surface area contributed by atoms with Gasteiger partial charge in [0.15, 0.2) is 0 Å². The van der Waals surface area contributed by atoms with Crippen LogP contribution in [0.25, 0.3) is 11.1 Å². The first kappa shape index (κ1) is 24.7. The molecule has 0 bridgehead atoms. The van der Waals surface area contributed by atoms with Crippen LogP contribution in [0.4, 0.5) is 4.79 Å². The van der Waals surface area contributed by atoms with Gasteiger partial charge >= 0.3 is 12.1 Å². The highest BCUT2D eigenvalue weighted by Gasteiger charge is 2.40. The number of nitrogens with zero attached hydrogens (tertiary/aromatic N) is 1. The molecule has 4 rings (SSSR count). The van der Waals surface area contributed by atoms with Crippen molar-refractivity contribution in [1.29, 1.82) is 0 Å². The lowest BCUT2D eigenvalue weighted by molar-refractivity contribution is -0.144. The van der Waals surface area contributed by atoms with Gasteiger partial charge in [0.25, 0.3) is 0 Å². The molecule has 1 saturated heterocycles. The van der Waals surface area contributed by atoms with Crippen LogP contribution in [0.5, 0.6) is 0 Å². The predicted octanol–water partition coefficient (Wildman–Crippen LogP) is 3.50. The summed E-state index contributed by atoms with van der Waals surface area (Å²) >= 11 is 0. The van der Waals surface area contributed by atoms with E-state index >= 15 is 0 Å². The van der Waals surface area contributed by atoms with Crippen LogP contribution in [-0.4, -0.2) is 67.4 Å². The molecule has 0 radical (unpaired) electrons. The normalized spacial score (nSPS) is 19.7. The van der Waals surface area contributed by atoms with Crippen molar-refractivity contribution in [1.82, 2.24) is 10.2 Å². The number of ether oxygens (including phenoxy) is 2. The maximum absolute atomic E-state index is 12.8. The second-order valence-corrected chi connectivity index (χ2v) is 9.20. The van der Waals surface area contributed by atoms with Gasteiger partial charge < -0.3 is 24.8 Å². The molecule has 3 atom stereocenters. The van der Waals surface area contributed by atoms with Crippen LogP contribution in [0.15, 0.2) is 48.5 Å². The van der Waals surface area contributed by atoms with Gasteiger partial charge in [0.05, 0.1) is 6.10 Å². The van der Waals surface area contributed by atoms with Gasteiger partial charge in [-0.05, 0) is 28.2 Å². The number of carboxylic acid groups (broad SMARTS) is 1. The Morgan fingerprint density at radius 2 is 1.69 bits per heavy atom. The Morgan fingerprint density at radius 1 is 1.06 bits per heavy atom. The fraction of sp³-hybridized carbons (Fsp3) is 0.444. The molecule has 1 aliphatic heterocycles. The Labute approximate surface area is 205 Å². The number of hydrogen-bond acceptors (Lipinski definition) is 5. The summed E-state index contributed by atoms with van der Waals surface area (Å²) in [6, 6.07) is 16.3. The summed E-state index contributed by atoms with van der Waals surface area (Å²) in [5.74, 6) is -1.90. The second kappa shape index (κ2) is 10.9. The molecule has 1 fully saturated rings. The molecule has 2 aromatic rings. The lowest BCUT2D eigenvalue weighted by Crippen LogP contribution is -2.35. The van der Waals surface area contributed by atoms with E-state index in [9.17, 15) is 19.5 Å². The number of hydrogen-bond donors (Lipinski definition) is 2. The Morgan fingerprint density at radius 3 is 2.23 bits per heavy atom. The number of carbonyl (C=O) groups excluding carboxylic acids is 2. The van der Waals surface area contributed by atoms with Gasteiger partial charge in [0, 0.05) is 39.1 Å². The number of rotatable bonds is 9. The van der Waals surface area contributed by atoms with Crippen molar-refractivity contribution in [2.45, 2.75) is 31.8 Å². The third-order valence-corrected chi connectivity index (χ3v) is 7.16. The standard InChI is InChI=1S/C27H32N2O6/c1-3-17(12-25(30)29-14-22(26(31)32)24(15-29)34-2)13-28-27(33)35-16-23-20-10-6-4-8-18(20)19-9-5-7-11-21(19)23/h4-11,17,22-24H,3,12-16H2,1-2H3,(H,28,33)(H,31,32). The van der Waals surface area contributed by atoms with E-state index < -0.39 is 24.1 Å². The van der Waals surface area contributed by atoms with E-state index in [-0.39, 0.29) is 43.9 Å². The van der Waals surface area contributed by atoms with Crippen LogP contribution < -0.4 is 5.32 Å². The first-order valence-electron chi connectivity index (χ1n) is 12.0. The largest absolute Gasteiger partial charge is 0.481 e. The highest BCUT2D eigenvalue weighted by molar-refractivity contribution is 5.80. The Bertz CT molecular complexity index is 1040. The molecule has 1 aliphatic carbocycles. The predicted molar refractivity (Wildman–Crippen MR) is 130 cm³/mol. The molecule has 8 nitrogen and oxygen atoms in total. The average molecular weight is 481 g/mol. The minimum atomic E-state index is -0.962.